The largest absolute Gasteiger partial charge is 0.508 e. The van der Waals surface area contributed by atoms with E-state index in [4.69, 9.17) is 0 Å². The molecule has 0 radical (unpaired) electrons. The summed E-state index contributed by atoms with van der Waals surface area (Å²) in [4.78, 5) is 11.3. The van der Waals surface area contributed by atoms with Gasteiger partial charge in [0.15, 0.2) is 0 Å². The molecule has 0 amide bonds. The predicted molar refractivity (Wildman–Crippen MR) is 68.0 cm³/mol. The molecule has 5 nitrogen and oxygen atoms in total. The van der Waals surface area contributed by atoms with Crippen LogP contribution in [-0.4, -0.2) is 15.3 Å². The molecule has 2 rings (SSSR count). The molecule has 17 heavy (non-hydrogen) atoms. The Balaban J connectivity index is 2.16. The van der Waals surface area contributed by atoms with Gasteiger partial charge in [0.25, 0.3) is 5.56 Å². The normalized spacial score (nSPS) is 10.2. The molecule has 1 aromatic heterocycles. The van der Waals surface area contributed by atoms with Crippen LogP contribution in [-0.2, 0) is 6.54 Å². The summed E-state index contributed by atoms with van der Waals surface area (Å²) in [7, 11) is 0. The number of H-pyrrole nitrogens is 1. The molecule has 0 saturated carbocycles. The standard InChI is InChI=1S/C11H10BrN3O2/c12-10-8(6-14-15-11(10)17)13-5-7-3-1-2-4-9(7)16/h1-4,6,16H,5H2,(H2,13,15,17). The Hall–Kier alpha value is -1.82. The summed E-state index contributed by atoms with van der Waals surface area (Å²) in [6.45, 7) is 0.413. The number of nitrogens with zero attached hydrogens (tertiary/aromatic N) is 1. The van der Waals surface area contributed by atoms with E-state index in [0.29, 0.717) is 16.7 Å². The van der Waals surface area contributed by atoms with E-state index in [-0.39, 0.29) is 11.3 Å². The summed E-state index contributed by atoms with van der Waals surface area (Å²) in [5.41, 5.74) is 1.03. The number of para-hydroxylation sites is 1. The van der Waals surface area contributed by atoms with Crippen molar-refractivity contribution >= 4 is 21.6 Å². The lowest BCUT2D eigenvalue weighted by Crippen LogP contribution is -2.12. The van der Waals surface area contributed by atoms with Gasteiger partial charge >= 0.3 is 0 Å². The SMILES string of the molecule is O=c1[nH]ncc(NCc2ccccc2O)c1Br. The average Bonchev–Trinajstić information content (AvgIpc) is 2.33. The van der Waals surface area contributed by atoms with E-state index >= 15 is 0 Å². The van der Waals surface area contributed by atoms with Crippen LogP contribution in [0.2, 0.25) is 0 Å². The molecule has 0 bridgehead atoms. The zero-order chi connectivity index (χ0) is 12.3. The van der Waals surface area contributed by atoms with Crippen LogP contribution in [0.1, 0.15) is 5.56 Å². The van der Waals surface area contributed by atoms with E-state index < -0.39 is 0 Å². The number of aromatic nitrogens is 2. The minimum atomic E-state index is -0.299. The fourth-order valence-corrected chi connectivity index (χ4v) is 1.69. The zero-order valence-corrected chi connectivity index (χ0v) is 10.4. The zero-order valence-electron chi connectivity index (χ0n) is 8.77. The Morgan fingerprint density at radius 3 is 2.94 bits per heavy atom. The summed E-state index contributed by atoms with van der Waals surface area (Å²) in [5.74, 6) is 0.217. The summed E-state index contributed by atoms with van der Waals surface area (Å²) in [6, 6.07) is 7.00. The lowest BCUT2D eigenvalue weighted by Gasteiger charge is -2.08. The summed E-state index contributed by atoms with van der Waals surface area (Å²) < 4.78 is 0.392. The monoisotopic (exact) mass is 295 g/mol. The Kier molecular flexibility index (Phi) is 3.43. The number of phenols is 1. The highest BCUT2D eigenvalue weighted by Gasteiger charge is 2.05. The van der Waals surface area contributed by atoms with Gasteiger partial charge in [-0.15, -0.1) is 0 Å². The van der Waals surface area contributed by atoms with Crippen molar-refractivity contribution in [3.8, 4) is 5.75 Å². The van der Waals surface area contributed by atoms with Gasteiger partial charge in [-0.3, -0.25) is 4.79 Å². The van der Waals surface area contributed by atoms with E-state index in [0.717, 1.165) is 5.56 Å². The van der Waals surface area contributed by atoms with Crippen LogP contribution in [0.5, 0.6) is 5.75 Å². The molecule has 0 aliphatic rings. The molecule has 0 spiro atoms. The number of hydrogen-bond donors (Lipinski definition) is 3. The summed E-state index contributed by atoms with van der Waals surface area (Å²) in [5, 5.41) is 18.6. The number of halogens is 1. The van der Waals surface area contributed by atoms with Crippen LogP contribution in [0.4, 0.5) is 5.69 Å². The van der Waals surface area contributed by atoms with Gasteiger partial charge in [0, 0.05) is 12.1 Å². The average molecular weight is 296 g/mol. The molecule has 0 unspecified atom stereocenters. The van der Waals surface area contributed by atoms with Crippen LogP contribution in [0.25, 0.3) is 0 Å². The highest BCUT2D eigenvalue weighted by Crippen LogP contribution is 2.20. The van der Waals surface area contributed by atoms with Crippen molar-refractivity contribution < 1.29 is 5.11 Å². The third-order valence-electron chi connectivity index (χ3n) is 2.26. The second-order valence-corrected chi connectivity index (χ2v) is 4.20. The van der Waals surface area contributed by atoms with Gasteiger partial charge < -0.3 is 10.4 Å². The van der Waals surface area contributed by atoms with Crippen LogP contribution in [0, 0.1) is 0 Å². The third-order valence-corrected chi connectivity index (χ3v) is 3.04. The Morgan fingerprint density at radius 1 is 1.41 bits per heavy atom. The van der Waals surface area contributed by atoms with Crippen molar-refractivity contribution in [1.29, 1.82) is 0 Å². The topological polar surface area (TPSA) is 78.0 Å². The second-order valence-electron chi connectivity index (χ2n) is 3.41. The molecule has 0 atom stereocenters. The first-order valence-corrected chi connectivity index (χ1v) is 5.71. The minimum Gasteiger partial charge on any atom is -0.508 e. The van der Waals surface area contributed by atoms with Gasteiger partial charge in [-0.1, -0.05) is 18.2 Å². The first-order valence-electron chi connectivity index (χ1n) is 4.92. The van der Waals surface area contributed by atoms with Gasteiger partial charge in [0.05, 0.1) is 11.9 Å². The third kappa shape index (κ3) is 2.65. The van der Waals surface area contributed by atoms with Gasteiger partial charge in [-0.2, -0.15) is 5.10 Å². The second kappa shape index (κ2) is 5.01. The Bertz CT molecular complexity index is 583. The first kappa shape index (κ1) is 11.7. The fraction of sp³-hybridized carbons (Fsp3) is 0.0909. The molecule has 1 aromatic carbocycles. The van der Waals surface area contributed by atoms with Crippen molar-refractivity contribution in [3.63, 3.8) is 0 Å². The van der Waals surface area contributed by atoms with E-state index in [1.165, 1.54) is 6.20 Å². The lowest BCUT2D eigenvalue weighted by molar-refractivity contribution is 0.469. The molecule has 3 N–H and O–H groups in total. The quantitative estimate of drug-likeness (QED) is 0.807. The molecular weight excluding hydrogens is 286 g/mol. The number of anilines is 1. The summed E-state index contributed by atoms with van der Waals surface area (Å²) in [6.07, 6.45) is 1.51. The maximum absolute atomic E-state index is 11.3. The highest BCUT2D eigenvalue weighted by atomic mass is 79.9. The number of rotatable bonds is 3. The summed E-state index contributed by atoms with van der Waals surface area (Å²) >= 11 is 3.16. The highest BCUT2D eigenvalue weighted by molar-refractivity contribution is 9.10. The smallest absolute Gasteiger partial charge is 0.280 e. The molecule has 0 aliphatic heterocycles. The number of phenolic OH excluding ortho intramolecular Hbond substituents is 1. The minimum absolute atomic E-state index is 0.217. The van der Waals surface area contributed by atoms with Crippen molar-refractivity contribution in [2.45, 2.75) is 6.54 Å². The van der Waals surface area contributed by atoms with Crippen LogP contribution >= 0.6 is 15.9 Å². The van der Waals surface area contributed by atoms with E-state index in [1.807, 2.05) is 6.07 Å². The van der Waals surface area contributed by atoms with Crippen LogP contribution in [0.15, 0.2) is 39.7 Å². The number of aromatic hydroxyl groups is 1. The maximum atomic E-state index is 11.3. The van der Waals surface area contributed by atoms with Crippen LogP contribution < -0.4 is 10.9 Å². The van der Waals surface area contributed by atoms with E-state index in [9.17, 15) is 9.90 Å². The first-order chi connectivity index (χ1) is 8.18. The van der Waals surface area contributed by atoms with Gasteiger partial charge in [0.1, 0.15) is 10.2 Å². The van der Waals surface area contributed by atoms with E-state index in [2.05, 4.69) is 31.4 Å². The van der Waals surface area contributed by atoms with Crippen LogP contribution in [0.3, 0.4) is 0 Å². The Morgan fingerprint density at radius 2 is 2.18 bits per heavy atom. The molecule has 88 valence electrons. The molecule has 2 aromatic rings. The Labute approximate surface area is 106 Å². The number of aromatic amines is 1. The molecular formula is C11H10BrN3O2. The van der Waals surface area contributed by atoms with Crippen molar-refractivity contribution in [2.24, 2.45) is 0 Å². The lowest BCUT2D eigenvalue weighted by atomic mass is 10.2. The maximum Gasteiger partial charge on any atom is 0.280 e. The molecule has 1 heterocycles. The molecule has 0 aliphatic carbocycles. The predicted octanol–water partition coefficient (Wildman–Crippen LogP) is 1.85. The van der Waals surface area contributed by atoms with Crippen molar-refractivity contribution in [3.05, 3.63) is 50.9 Å². The van der Waals surface area contributed by atoms with E-state index in [1.54, 1.807) is 18.2 Å². The van der Waals surface area contributed by atoms with Gasteiger partial charge in [-0.05, 0) is 22.0 Å². The number of benzene rings is 1. The fourth-order valence-electron chi connectivity index (χ4n) is 1.36. The van der Waals surface area contributed by atoms with Crippen molar-refractivity contribution in [1.82, 2.24) is 10.2 Å². The molecule has 0 fully saturated rings. The van der Waals surface area contributed by atoms with Gasteiger partial charge in [0.2, 0.25) is 0 Å². The molecule has 6 heteroatoms. The number of hydrogen-bond acceptors (Lipinski definition) is 4. The van der Waals surface area contributed by atoms with Crippen molar-refractivity contribution in [2.75, 3.05) is 5.32 Å². The van der Waals surface area contributed by atoms with Gasteiger partial charge in [-0.25, -0.2) is 5.10 Å². The molecule has 0 saturated heterocycles. The number of nitrogens with one attached hydrogen (secondary N) is 2.